The van der Waals surface area contributed by atoms with Gasteiger partial charge < -0.3 is 5.11 Å². The molecule has 22 heavy (non-hydrogen) atoms. The molecule has 0 radical (unpaired) electrons. The number of nitrogens with one attached hydrogen (secondary N) is 1. The molecule has 0 bridgehead atoms. The van der Waals surface area contributed by atoms with E-state index in [4.69, 9.17) is 5.11 Å². The summed E-state index contributed by atoms with van der Waals surface area (Å²) in [5, 5.41) is 11.9. The number of thiophene rings is 1. The minimum absolute atomic E-state index is 0.0834. The first-order chi connectivity index (χ1) is 10.2. The van der Waals surface area contributed by atoms with Crippen molar-refractivity contribution in [2.75, 3.05) is 0 Å². The van der Waals surface area contributed by atoms with Crippen LogP contribution < -0.4 is 4.72 Å². The molecule has 0 amide bonds. The SMILES string of the molecule is Cc1nc(-c2ccc(S(=O)(=O)N[C@@H](C(=O)O)C(C)C)s2)cs1. The van der Waals surface area contributed by atoms with E-state index >= 15 is 0 Å². The molecule has 0 saturated heterocycles. The van der Waals surface area contributed by atoms with Crippen molar-refractivity contribution < 1.29 is 18.3 Å². The molecule has 2 aromatic rings. The van der Waals surface area contributed by atoms with Crippen LogP contribution in [0.5, 0.6) is 0 Å². The predicted octanol–water partition coefficient (Wildman–Crippen LogP) is 2.57. The van der Waals surface area contributed by atoms with Crippen LogP contribution in [0.4, 0.5) is 0 Å². The Hall–Kier alpha value is -1.29. The number of aromatic nitrogens is 1. The molecule has 0 aromatic carbocycles. The van der Waals surface area contributed by atoms with Gasteiger partial charge in [-0.25, -0.2) is 13.4 Å². The standard InChI is InChI=1S/C13H16N2O4S3/c1-7(2)12(13(16)17)15-22(18,19)11-5-4-10(21-11)9-6-20-8(3)14-9/h4-7,12,15H,1-3H3,(H,16,17)/t12-/m1/s1. The number of carboxylic acids is 1. The summed E-state index contributed by atoms with van der Waals surface area (Å²) in [6.45, 7) is 5.18. The van der Waals surface area contributed by atoms with Crippen molar-refractivity contribution in [3.05, 3.63) is 22.5 Å². The van der Waals surface area contributed by atoms with E-state index in [0.29, 0.717) is 0 Å². The average molecular weight is 360 g/mol. The van der Waals surface area contributed by atoms with Gasteiger partial charge in [-0.1, -0.05) is 13.8 Å². The molecule has 6 nitrogen and oxygen atoms in total. The first kappa shape index (κ1) is 17.1. The molecule has 2 N–H and O–H groups in total. The Morgan fingerprint density at radius 2 is 2.05 bits per heavy atom. The van der Waals surface area contributed by atoms with E-state index in [9.17, 15) is 13.2 Å². The molecule has 0 spiro atoms. The van der Waals surface area contributed by atoms with Crippen LogP contribution in [0.1, 0.15) is 18.9 Å². The molecule has 2 rings (SSSR count). The van der Waals surface area contributed by atoms with E-state index in [-0.39, 0.29) is 10.1 Å². The lowest BCUT2D eigenvalue weighted by atomic mass is 10.1. The van der Waals surface area contributed by atoms with Gasteiger partial charge >= 0.3 is 5.97 Å². The van der Waals surface area contributed by atoms with Gasteiger partial charge in [-0.2, -0.15) is 4.72 Å². The summed E-state index contributed by atoms with van der Waals surface area (Å²) in [4.78, 5) is 16.2. The van der Waals surface area contributed by atoms with E-state index < -0.39 is 22.0 Å². The normalized spacial score (nSPS) is 13.5. The molecule has 0 aliphatic carbocycles. The van der Waals surface area contributed by atoms with Crippen molar-refractivity contribution in [3.63, 3.8) is 0 Å². The molecule has 2 heterocycles. The van der Waals surface area contributed by atoms with Crippen LogP contribution in [0.3, 0.4) is 0 Å². The Morgan fingerprint density at radius 3 is 2.55 bits per heavy atom. The molecule has 0 saturated carbocycles. The zero-order valence-corrected chi connectivity index (χ0v) is 14.7. The third kappa shape index (κ3) is 3.72. The number of carbonyl (C=O) groups is 1. The van der Waals surface area contributed by atoms with Gasteiger partial charge in [-0.15, -0.1) is 22.7 Å². The van der Waals surface area contributed by atoms with E-state index in [1.54, 1.807) is 19.9 Å². The molecular weight excluding hydrogens is 344 g/mol. The Morgan fingerprint density at radius 1 is 1.36 bits per heavy atom. The molecule has 2 aromatic heterocycles. The maximum absolute atomic E-state index is 12.3. The third-order valence-electron chi connectivity index (χ3n) is 2.93. The second-order valence-electron chi connectivity index (χ2n) is 5.05. The van der Waals surface area contributed by atoms with Crippen LogP contribution in [0.15, 0.2) is 21.7 Å². The topological polar surface area (TPSA) is 96.4 Å². The number of aryl methyl sites for hydroxylation is 1. The lowest BCUT2D eigenvalue weighted by Crippen LogP contribution is -2.43. The van der Waals surface area contributed by atoms with Gasteiger partial charge in [0.15, 0.2) is 0 Å². The number of carboxylic acid groups (broad SMARTS) is 1. The van der Waals surface area contributed by atoms with Crippen LogP contribution in [0.25, 0.3) is 10.6 Å². The fourth-order valence-electron chi connectivity index (χ4n) is 1.78. The zero-order chi connectivity index (χ0) is 16.5. The summed E-state index contributed by atoms with van der Waals surface area (Å²) in [5.74, 6) is -1.54. The number of hydrogen-bond acceptors (Lipinski definition) is 6. The highest BCUT2D eigenvalue weighted by molar-refractivity contribution is 7.91. The van der Waals surface area contributed by atoms with Gasteiger partial charge in [0.25, 0.3) is 10.0 Å². The third-order valence-corrected chi connectivity index (χ3v) is 6.75. The van der Waals surface area contributed by atoms with Crippen molar-refractivity contribution in [1.82, 2.24) is 9.71 Å². The molecule has 0 aliphatic rings. The smallest absolute Gasteiger partial charge is 0.322 e. The quantitative estimate of drug-likeness (QED) is 0.825. The molecule has 120 valence electrons. The zero-order valence-electron chi connectivity index (χ0n) is 12.2. The van der Waals surface area contributed by atoms with E-state index in [0.717, 1.165) is 26.9 Å². The summed E-state index contributed by atoms with van der Waals surface area (Å²) in [5.41, 5.74) is 0.729. The van der Waals surface area contributed by atoms with Crippen molar-refractivity contribution in [3.8, 4) is 10.6 Å². The largest absolute Gasteiger partial charge is 0.480 e. The second-order valence-corrected chi connectivity index (χ2v) is 9.14. The second kappa shape index (κ2) is 6.45. The number of sulfonamides is 1. The Balaban J connectivity index is 2.27. The molecule has 0 fully saturated rings. The highest BCUT2D eigenvalue weighted by atomic mass is 32.2. The lowest BCUT2D eigenvalue weighted by Gasteiger charge is -2.17. The van der Waals surface area contributed by atoms with Crippen LogP contribution in [-0.4, -0.2) is 30.5 Å². The number of hydrogen-bond donors (Lipinski definition) is 2. The van der Waals surface area contributed by atoms with Crippen molar-refractivity contribution in [2.24, 2.45) is 5.92 Å². The number of rotatable bonds is 6. The molecule has 0 unspecified atom stereocenters. The summed E-state index contributed by atoms with van der Waals surface area (Å²) in [7, 11) is -3.87. The van der Waals surface area contributed by atoms with Crippen LogP contribution in [0.2, 0.25) is 0 Å². The van der Waals surface area contributed by atoms with Gasteiger partial charge in [0, 0.05) is 5.38 Å². The highest BCUT2D eigenvalue weighted by Gasteiger charge is 2.29. The van der Waals surface area contributed by atoms with Gasteiger partial charge in [0.1, 0.15) is 10.3 Å². The monoisotopic (exact) mass is 360 g/mol. The van der Waals surface area contributed by atoms with Gasteiger partial charge in [0.05, 0.1) is 15.6 Å². The Kier molecular flexibility index (Phi) is 5.00. The van der Waals surface area contributed by atoms with Crippen LogP contribution in [0, 0.1) is 12.8 Å². The number of thiazole rings is 1. The molecule has 9 heteroatoms. The maximum Gasteiger partial charge on any atom is 0.322 e. The van der Waals surface area contributed by atoms with Gasteiger partial charge in [-0.3, -0.25) is 4.79 Å². The minimum Gasteiger partial charge on any atom is -0.480 e. The predicted molar refractivity (Wildman–Crippen MR) is 86.7 cm³/mol. The van der Waals surface area contributed by atoms with E-state index in [2.05, 4.69) is 9.71 Å². The van der Waals surface area contributed by atoms with Crippen molar-refractivity contribution >= 4 is 38.7 Å². The van der Waals surface area contributed by atoms with Crippen molar-refractivity contribution in [2.45, 2.75) is 31.0 Å². The Labute approximate surface area is 136 Å². The van der Waals surface area contributed by atoms with E-state index in [1.165, 1.54) is 17.4 Å². The van der Waals surface area contributed by atoms with Gasteiger partial charge in [0.2, 0.25) is 0 Å². The average Bonchev–Trinajstić information content (AvgIpc) is 3.03. The minimum atomic E-state index is -3.87. The highest BCUT2D eigenvalue weighted by Crippen LogP contribution is 2.31. The first-order valence-corrected chi connectivity index (χ1v) is 9.66. The summed E-state index contributed by atoms with van der Waals surface area (Å²) < 4.78 is 27.0. The number of nitrogens with zero attached hydrogens (tertiary/aromatic N) is 1. The lowest BCUT2D eigenvalue weighted by molar-refractivity contribution is -0.140. The molecule has 0 aliphatic heterocycles. The first-order valence-electron chi connectivity index (χ1n) is 6.48. The fraction of sp³-hybridized carbons (Fsp3) is 0.385. The fourth-order valence-corrected chi connectivity index (χ4v) is 5.08. The van der Waals surface area contributed by atoms with E-state index in [1.807, 2.05) is 12.3 Å². The Bertz CT molecular complexity index is 777. The van der Waals surface area contributed by atoms with Gasteiger partial charge in [-0.05, 0) is 25.0 Å². The van der Waals surface area contributed by atoms with Crippen molar-refractivity contribution in [1.29, 1.82) is 0 Å². The summed E-state index contributed by atoms with van der Waals surface area (Å²) in [6.07, 6.45) is 0. The summed E-state index contributed by atoms with van der Waals surface area (Å²) in [6, 6.07) is 1.99. The van der Waals surface area contributed by atoms with Crippen LogP contribution >= 0.6 is 22.7 Å². The summed E-state index contributed by atoms with van der Waals surface area (Å²) >= 11 is 2.56. The number of aliphatic carboxylic acids is 1. The van der Waals surface area contributed by atoms with Crippen LogP contribution in [-0.2, 0) is 14.8 Å². The molecule has 1 atom stereocenters. The maximum atomic E-state index is 12.3. The molecular formula is C13H16N2O4S3.